The SMILES string of the molecule is CC[C@@H]1[C@@H](O)C2C3CC[C@H]([C@H](C)CCCO)[C@@]3(C)CCC2[C@@]2(C)CCCC[C@@H]12.CC[C@H]1[C@@H](O)C2C3CC[C@H]([C@H](C)CC(=O)O)[C@@]3(C)CCC2[C@@]2(C)CCCC[C@@H]12.CC[C@H]1[C@@H](O)C2C3CC[C@H]([C@H](C)CCC(=O)O)[C@@]3(C)CCC2[C@@]2(C)CCCC[C@@H]12.CC[C@H]1[C@@H](O)C2C3CC[C@H]([C@H](C)CCCO)[C@@]3(C)CCC2[C@@]2(C)CC[C@H](O)C[C@@H]12.CC[C@H]1[C@@H](O)C2C3CC[C@H]([C@H](C)CCO)[C@@]3(C)CCC2[C@@]2(C)CC[C@H](O)C[C@@H]12. The number of aliphatic carboxylic acids is 2. The molecular formula is C128H222O14. The van der Waals surface area contributed by atoms with E-state index in [1.54, 1.807) is 0 Å². The van der Waals surface area contributed by atoms with Crippen LogP contribution in [0.3, 0.4) is 0 Å². The summed E-state index contributed by atoms with van der Waals surface area (Å²) in [7, 11) is 0. The average Bonchev–Trinajstić information content (AvgIpc) is 1.42. The lowest BCUT2D eigenvalue weighted by Gasteiger charge is -2.64. The summed E-state index contributed by atoms with van der Waals surface area (Å²) in [6, 6.07) is 0. The van der Waals surface area contributed by atoms with E-state index in [1.165, 1.54) is 199 Å². The second-order valence-electron chi connectivity index (χ2n) is 58.7. The number of hydrogen-bond donors (Lipinski definition) is 12. The van der Waals surface area contributed by atoms with Gasteiger partial charge in [-0.05, 0) is 505 Å². The molecule has 14 nitrogen and oxygen atoms in total. The van der Waals surface area contributed by atoms with Crippen LogP contribution in [0.4, 0.5) is 0 Å². The minimum atomic E-state index is -0.662. The monoisotopic (exact) mass is 1980 g/mol. The number of aliphatic hydroxyl groups is 10. The molecule has 20 fully saturated rings. The Morgan fingerprint density at radius 2 is 0.479 bits per heavy atom. The maximum Gasteiger partial charge on any atom is 0.303 e. The zero-order valence-corrected chi connectivity index (χ0v) is 94.6. The summed E-state index contributed by atoms with van der Waals surface area (Å²) < 4.78 is 0. The van der Waals surface area contributed by atoms with Crippen LogP contribution in [0.25, 0.3) is 0 Å². The van der Waals surface area contributed by atoms with Crippen LogP contribution in [0, 0.1) is 261 Å². The predicted molar refractivity (Wildman–Crippen MR) is 574 cm³/mol. The van der Waals surface area contributed by atoms with Gasteiger partial charge in [-0.2, -0.15) is 0 Å². The molecule has 142 heavy (non-hydrogen) atoms. The number of carbonyl (C=O) groups is 2. The molecule has 0 heterocycles. The lowest BCUT2D eigenvalue weighted by molar-refractivity contribution is -0.203. The second-order valence-corrected chi connectivity index (χ2v) is 58.7. The Morgan fingerprint density at radius 3 is 0.725 bits per heavy atom. The van der Waals surface area contributed by atoms with Crippen LogP contribution in [0.5, 0.6) is 0 Å². The molecule has 20 saturated carbocycles. The fraction of sp³-hybridized carbons (Fsp3) is 0.984. The fourth-order valence-corrected chi connectivity index (χ4v) is 47.5. The van der Waals surface area contributed by atoms with Crippen LogP contribution in [-0.4, -0.2) is 136 Å². The second kappa shape index (κ2) is 44.8. The molecular weight excluding hydrogens is 1760 g/mol. The zero-order valence-electron chi connectivity index (χ0n) is 94.6. The van der Waals surface area contributed by atoms with E-state index < -0.39 is 11.9 Å². The number of carboxylic acids is 2. The molecule has 0 radical (unpaired) electrons. The molecule has 12 N–H and O–H groups in total. The minimum absolute atomic E-state index is 0.0673. The molecule has 0 amide bonds. The molecule has 0 bridgehead atoms. The third-order valence-electron chi connectivity index (χ3n) is 54.1. The van der Waals surface area contributed by atoms with Gasteiger partial charge in [0.05, 0.1) is 42.7 Å². The number of aliphatic hydroxyl groups excluding tert-OH is 10. The average molecular weight is 1990 g/mol. The smallest absolute Gasteiger partial charge is 0.303 e. The van der Waals surface area contributed by atoms with E-state index in [-0.39, 0.29) is 59.5 Å². The quantitative estimate of drug-likeness (QED) is 0.0454. The minimum Gasteiger partial charge on any atom is -0.481 e. The van der Waals surface area contributed by atoms with Gasteiger partial charge in [-0.25, -0.2) is 0 Å². The first-order chi connectivity index (χ1) is 67.4. The van der Waals surface area contributed by atoms with E-state index in [2.05, 4.69) is 138 Å². The Kier molecular flexibility index (Phi) is 35.7. The molecule has 0 aromatic rings. The van der Waals surface area contributed by atoms with Crippen LogP contribution < -0.4 is 0 Å². The van der Waals surface area contributed by atoms with E-state index in [4.69, 9.17) is 5.11 Å². The molecule has 20 rings (SSSR count). The van der Waals surface area contributed by atoms with Gasteiger partial charge >= 0.3 is 11.9 Å². The van der Waals surface area contributed by atoms with Gasteiger partial charge in [0.15, 0.2) is 0 Å². The third kappa shape index (κ3) is 19.4. The highest BCUT2D eigenvalue weighted by Crippen LogP contribution is 2.78. The van der Waals surface area contributed by atoms with Crippen LogP contribution in [-0.2, 0) is 9.59 Å². The van der Waals surface area contributed by atoms with E-state index in [1.807, 2.05) is 0 Å². The Bertz CT molecular complexity index is 4080. The topological polar surface area (TPSA) is 277 Å². The van der Waals surface area contributed by atoms with Crippen LogP contribution in [0.2, 0.25) is 0 Å². The van der Waals surface area contributed by atoms with E-state index in [0.717, 1.165) is 145 Å². The van der Waals surface area contributed by atoms with Crippen molar-refractivity contribution >= 4 is 11.9 Å². The van der Waals surface area contributed by atoms with Crippen LogP contribution in [0.1, 0.15) is 466 Å². The summed E-state index contributed by atoms with van der Waals surface area (Å²) in [4.78, 5) is 22.5. The van der Waals surface area contributed by atoms with Crippen LogP contribution >= 0.6 is 0 Å². The fourth-order valence-electron chi connectivity index (χ4n) is 47.5. The molecule has 20 aliphatic carbocycles. The molecule has 0 aromatic heterocycles. The first-order valence-electron chi connectivity index (χ1n) is 62.4. The van der Waals surface area contributed by atoms with Gasteiger partial charge in [-0.15, -0.1) is 0 Å². The molecule has 0 saturated heterocycles. The molecule has 0 aliphatic heterocycles. The van der Waals surface area contributed by atoms with Gasteiger partial charge in [0, 0.05) is 32.7 Å². The van der Waals surface area contributed by atoms with Crippen molar-refractivity contribution in [3.63, 3.8) is 0 Å². The van der Waals surface area contributed by atoms with Gasteiger partial charge in [-0.3, -0.25) is 9.59 Å². The van der Waals surface area contributed by atoms with E-state index in [0.29, 0.717) is 248 Å². The summed E-state index contributed by atoms with van der Waals surface area (Å²) in [5.41, 5.74) is 3.50. The Balaban J connectivity index is 0.000000128. The Labute approximate surface area is 867 Å². The number of fused-ring (bicyclic) bond motifs is 25. The largest absolute Gasteiger partial charge is 0.481 e. The van der Waals surface area contributed by atoms with Crippen molar-refractivity contribution in [2.75, 3.05) is 19.8 Å². The molecule has 52 atom stereocenters. The van der Waals surface area contributed by atoms with Crippen molar-refractivity contribution in [3.05, 3.63) is 0 Å². The summed E-state index contributed by atoms with van der Waals surface area (Å²) in [6.45, 7) is 49.4. The van der Waals surface area contributed by atoms with Crippen molar-refractivity contribution in [3.8, 4) is 0 Å². The molecule has 0 spiro atoms. The first-order valence-corrected chi connectivity index (χ1v) is 62.4. The van der Waals surface area contributed by atoms with Crippen molar-refractivity contribution in [1.82, 2.24) is 0 Å². The number of hydrogen-bond acceptors (Lipinski definition) is 12. The Hall–Kier alpha value is -1.46. The third-order valence-corrected chi connectivity index (χ3v) is 54.1. The van der Waals surface area contributed by atoms with Crippen molar-refractivity contribution < 1.29 is 70.9 Å². The van der Waals surface area contributed by atoms with Crippen LogP contribution in [0.15, 0.2) is 0 Å². The molecule has 14 heteroatoms. The Morgan fingerprint density at radius 1 is 0.246 bits per heavy atom. The van der Waals surface area contributed by atoms with E-state index >= 15 is 0 Å². The molecule has 15 unspecified atom stereocenters. The standard InChI is InChI=1S/C26H46O3.C26H44O3.C26H46O2.C25H44O3.C25H42O3/c1-5-18-22-15-17(28)10-12-26(22,4)21-11-13-25(3)19(16(2)7-6-14-27)8-9-20(25)23(21)24(18)29;1-5-17-19-8-6-7-14-25(19,3)21-13-15-26(4)18(16(2)9-12-22(27)28)10-11-20(26)23(21)24(17)29;1-5-18-20-10-6-7-14-25(20,3)22-13-15-26(4)19(17(2)9-8-16-27)11-12-21(26)23(22)24(18)28;1-5-17-21-14-16(27)8-11-25(21,4)20-9-12-24(3)18(15(2)10-13-26)6-7-19(24)22(20)23(17)28;1-5-16-18-8-6-7-12-24(18,3)20-11-13-25(4)17(15(2)14-21(26)27)9-10-19(25)22(20)23(16)28/h16-24,27-29H,5-15H2,1-4H3;16-21,23-24,29H,5-15H2,1-4H3,(H,27,28);17-24,27-28H,5-16H2,1-4H3;15-23,26-28H,5-14H2,1-4H3;15-20,22-23,28H,5-14H2,1-4H3,(H,26,27)/t16-,17+,18-,19-,20?,21?,22+,23?,24-,25-,26-;16-,17-,18-,19+,20?,21?,23?,24-,25+,26-;17-,18+,19-,20+,21?,22?,23?,24-,25+,26-;15-,16+,17-,18-,19?,20?,21+,22?,23-,24-,25-;15-,16-,17-,18+,19?,20?,22?,23-,24+,25-/m11111/s1. The summed E-state index contributed by atoms with van der Waals surface area (Å²) >= 11 is 0. The lowest BCUT2D eigenvalue weighted by atomic mass is 9.41. The normalized spacial score (nSPS) is 52.3. The van der Waals surface area contributed by atoms with E-state index in [9.17, 15) is 65.8 Å². The summed E-state index contributed by atoms with van der Waals surface area (Å²) in [5, 5.41) is 126. The van der Waals surface area contributed by atoms with Gasteiger partial charge < -0.3 is 61.3 Å². The van der Waals surface area contributed by atoms with Crippen molar-refractivity contribution in [1.29, 1.82) is 0 Å². The summed E-state index contributed by atoms with van der Waals surface area (Å²) in [5.74, 6) is 18.9. The highest BCUT2D eigenvalue weighted by atomic mass is 16.4. The van der Waals surface area contributed by atoms with Gasteiger partial charge in [-0.1, -0.05) is 209 Å². The lowest BCUT2D eigenvalue weighted by Crippen LogP contribution is -2.62. The first kappa shape index (κ1) is 113. The van der Waals surface area contributed by atoms with Gasteiger partial charge in [0.2, 0.25) is 0 Å². The number of carboxylic acid groups (broad SMARTS) is 2. The molecule has 818 valence electrons. The number of rotatable bonds is 23. The summed E-state index contributed by atoms with van der Waals surface area (Å²) in [6.07, 6.45) is 58.7. The zero-order chi connectivity index (χ0) is 103. The molecule has 20 aliphatic rings. The van der Waals surface area contributed by atoms with Gasteiger partial charge in [0.25, 0.3) is 0 Å². The maximum absolute atomic E-state index is 11.7. The van der Waals surface area contributed by atoms with Crippen molar-refractivity contribution in [2.24, 2.45) is 261 Å². The highest BCUT2D eigenvalue weighted by molar-refractivity contribution is 5.67. The van der Waals surface area contributed by atoms with Gasteiger partial charge in [0.1, 0.15) is 0 Å². The van der Waals surface area contributed by atoms with Crippen molar-refractivity contribution in [2.45, 2.75) is 509 Å². The predicted octanol–water partition coefficient (Wildman–Crippen LogP) is 27.6. The maximum atomic E-state index is 11.7. The molecule has 0 aromatic carbocycles. The highest BCUT2D eigenvalue weighted by Gasteiger charge is 2.72.